The standard InChI is InChI=1S/C17H17BrN2O4/c1-11-3-6-16(14(18)7-11)24-10-17(22)20-19-9-12-4-5-13(23-2)8-15(12)21/h3-9,21H,10H2,1-2H3,(H,20,22)/b19-9+. The van der Waals surface area contributed by atoms with Crippen molar-refractivity contribution in [3.8, 4) is 17.2 Å². The van der Waals surface area contributed by atoms with Crippen LogP contribution in [-0.2, 0) is 4.79 Å². The van der Waals surface area contributed by atoms with Crippen LogP contribution in [0.25, 0.3) is 0 Å². The number of nitrogens with zero attached hydrogens (tertiary/aromatic N) is 1. The minimum absolute atomic E-state index is 0.00665. The number of aryl methyl sites for hydroxylation is 1. The molecule has 24 heavy (non-hydrogen) atoms. The van der Waals surface area contributed by atoms with Crippen LogP contribution in [0.4, 0.5) is 0 Å². The summed E-state index contributed by atoms with van der Waals surface area (Å²) >= 11 is 3.38. The first-order valence-electron chi connectivity index (χ1n) is 7.07. The van der Waals surface area contributed by atoms with Gasteiger partial charge in [0.2, 0.25) is 0 Å². The molecular weight excluding hydrogens is 376 g/mol. The van der Waals surface area contributed by atoms with Gasteiger partial charge in [-0.15, -0.1) is 0 Å². The van der Waals surface area contributed by atoms with Crippen LogP contribution in [0.15, 0.2) is 46.0 Å². The Morgan fingerprint density at radius 2 is 2.12 bits per heavy atom. The number of benzene rings is 2. The van der Waals surface area contributed by atoms with E-state index in [0.717, 1.165) is 10.0 Å². The molecule has 0 radical (unpaired) electrons. The summed E-state index contributed by atoms with van der Waals surface area (Å²) in [6, 6.07) is 10.3. The Morgan fingerprint density at radius 1 is 1.33 bits per heavy atom. The number of carbonyl (C=O) groups is 1. The first kappa shape index (κ1) is 17.8. The van der Waals surface area contributed by atoms with Crippen LogP contribution < -0.4 is 14.9 Å². The molecule has 0 aliphatic carbocycles. The molecule has 0 fully saturated rings. The fourth-order valence-electron chi connectivity index (χ4n) is 1.83. The van der Waals surface area contributed by atoms with E-state index in [4.69, 9.17) is 9.47 Å². The number of phenolic OH excluding ortho intramolecular Hbond substituents is 1. The maximum atomic E-state index is 11.7. The van der Waals surface area contributed by atoms with Crippen molar-refractivity contribution in [3.05, 3.63) is 52.0 Å². The SMILES string of the molecule is COc1ccc(/C=N/NC(=O)COc2ccc(C)cc2Br)c(O)c1. The molecule has 0 unspecified atom stereocenters. The van der Waals surface area contributed by atoms with Crippen LogP contribution in [0.3, 0.4) is 0 Å². The van der Waals surface area contributed by atoms with Gasteiger partial charge in [0.15, 0.2) is 6.61 Å². The summed E-state index contributed by atoms with van der Waals surface area (Å²) < 4.78 is 11.2. The van der Waals surface area contributed by atoms with E-state index in [-0.39, 0.29) is 12.4 Å². The molecule has 7 heteroatoms. The van der Waals surface area contributed by atoms with Gasteiger partial charge in [-0.1, -0.05) is 6.07 Å². The Balaban J connectivity index is 1.86. The monoisotopic (exact) mass is 392 g/mol. The van der Waals surface area contributed by atoms with E-state index < -0.39 is 5.91 Å². The van der Waals surface area contributed by atoms with Gasteiger partial charge in [0, 0.05) is 11.6 Å². The first-order chi connectivity index (χ1) is 11.5. The first-order valence-corrected chi connectivity index (χ1v) is 7.86. The van der Waals surface area contributed by atoms with Crippen molar-refractivity contribution in [2.24, 2.45) is 5.10 Å². The summed E-state index contributed by atoms with van der Waals surface area (Å²) in [5.74, 6) is 0.706. The van der Waals surface area contributed by atoms with Crippen molar-refractivity contribution < 1.29 is 19.4 Å². The lowest BCUT2D eigenvalue weighted by Crippen LogP contribution is -2.24. The van der Waals surface area contributed by atoms with Crippen molar-refractivity contribution >= 4 is 28.1 Å². The van der Waals surface area contributed by atoms with Crippen LogP contribution in [-0.4, -0.2) is 30.9 Å². The molecule has 0 heterocycles. The van der Waals surface area contributed by atoms with E-state index in [2.05, 4.69) is 26.5 Å². The number of ether oxygens (including phenoxy) is 2. The van der Waals surface area contributed by atoms with E-state index in [9.17, 15) is 9.90 Å². The number of nitrogens with one attached hydrogen (secondary N) is 1. The summed E-state index contributed by atoms with van der Waals surface area (Å²) in [5, 5.41) is 13.6. The number of amides is 1. The van der Waals surface area contributed by atoms with Crippen molar-refractivity contribution in [1.82, 2.24) is 5.43 Å². The number of phenols is 1. The average Bonchev–Trinajstić information content (AvgIpc) is 2.55. The molecule has 1 amide bonds. The van der Waals surface area contributed by atoms with Gasteiger partial charge in [0.1, 0.15) is 17.2 Å². The fourth-order valence-corrected chi connectivity index (χ4v) is 2.44. The lowest BCUT2D eigenvalue weighted by Gasteiger charge is -2.07. The van der Waals surface area contributed by atoms with Gasteiger partial charge in [-0.2, -0.15) is 5.10 Å². The van der Waals surface area contributed by atoms with E-state index >= 15 is 0 Å². The molecule has 0 saturated carbocycles. The van der Waals surface area contributed by atoms with Crippen LogP contribution in [0.5, 0.6) is 17.2 Å². The Bertz CT molecular complexity index is 762. The molecular formula is C17H17BrN2O4. The van der Waals surface area contributed by atoms with Gasteiger partial charge >= 0.3 is 0 Å². The van der Waals surface area contributed by atoms with Crippen molar-refractivity contribution in [2.45, 2.75) is 6.92 Å². The molecule has 0 aliphatic heterocycles. The fraction of sp³-hybridized carbons (Fsp3) is 0.176. The number of hydrazone groups is 1. The summed E-state index contributed by atoms with van der Waals surface area (Å²) in [6.45, 7) is 1.79. The van der Waals surface area contributed by atoms with Gasteiger partial charge in [0.25, 0.3) is 5.91 Å². The Hall–Kier alpha value is -2.54. The van der Waals surface area contributed by atoms with Gasteiger partial charge < -0.3 is 14.6 Å². The zero-order valence-corrected chi connectivity index (χ0v) is 14.8. The van der Waals surface area contributed by atoms with Crippen LogP contribution >= 0.6 is 15.9 Å². The van der Waals surface area contributed by atoms with E-state index in [1.54, 1.807) is 18.2 Å². The van der Waals surface area contributed by atoms with E-state index in [1.165, 1.54) is 19.4 Å². The second-order valence-electron chi connectivity index (χ2n) is 4.94. The third kappa shape index (κ3) is 4.99. The maximum Gasteiger partial charge on any atom is 0.277 e. The highest BCUT2D eigenvalue weighted by molar-refractivity contribution is 9.10. The maximum absolute atomic E-state index is 11.7. The van der Waals surface area contributed by atoms with Gasteiger partial charge in [-0.05, 0) is 52.7 Å². The Morgan fingerprint density at radius 3 is 2.79 bits per heavy atom. The molecule has 0 saturated heterocycles. The topological polar surface area (TPSA) is 80.2 Å². The number of halogens is 1. The zero-order chi connectivity index (χ0) is 17.5. The number of hydrogen-bond acceptors (Lipinski definition) is 5. The number of rotatable bonds is 6. The smallest absolute Gasteiger partial charge is 0.277 e. The minimum Gasteiger partial charge on any atom is -0.507 e. The zero-order valence-electron chi connectivity index (χ0n) is 13.2. The number of carbonyl (C=O) groups excluding carboxylic acids is 1. The lowest BCUT2D eigenvalue weighted by atomic mass is 10.2. The van der Waals surface area contributed by atoms with Gasteiger partial charge in [-0.3, -0.25) is 4.79 Å². The molecule has 0 bridgehead atoms. The molecule has 2 rings (SSSR count). The average molecular weight is 393 g/mol. The second kappa shape index (κ2) is 8.35. The normalized spacial score (nSPS) is 10.6. The highest BCUT2D eigenvalue weighted by atomic mass is 79.9. The van der Waals surface area contributed by atoms with Crippen LogP contribution in [0.2, 0.25) is 0 Å². The highest BCUT2D eigenvalue weighted by Crippen LogP contribution is 2.25. The Labute approximate surface area is 148 Å². The third-order valence-electron chi connectivity index (χ3n) is 3.08. The van der Waals surface area contributed by atoms with Crippen molar-refractivity contribution in [2.75, 3.05) is 13.7 Å². The van der Waals surface area contributed by atoms with Gasteiger partial charge in [-0.25, -0.2) is 5.43 Å². The molecule has 6 nitrogen and oxygen atoms in total. The molecule has 0 aliphatic rings. The van der Waals surface area contributed by atoms with Crippen molar-refractivity contribution in [1.29, 1.82) is 0 Å². The highest BCUT2D eigenvalue weighted by Gasteiger charge is 2.05. The van der Waals surface area contributed by atoms with Crippen molar-refractivity contribution in [3.63, 3.8) is 0 Å². The molecule has 0 atom stereocenters. The molecule has 2 N–H and O–H groups in total. The quantitative estimate of drug-likeness (QED) is 0.584. The van der Waals surface area contributed by atoms with Crippen LogP contribution in [0.1, 0.15) is 11.1 Å². The third-order valence-corrected chi connectivity index (χ3v) is 3.70. The molecule has 0 spiro atoms. The number of aromatic hydroxyl groups is 1. The number of methoxy groups -OCH3 is 1. The molecule has 0 aromatic heterocycles. The summed E-state index contributed by atoms with van der Waals surface area (Å²) in [6.07, 6.45) is 1.34. The summed E-state index contributed by atoms with van der Waals surface area (Å²) in [4.78, 5) is 11.7. The Kier molecular flexibility index (Phi) is 6.20. The largest absolute Gasteiger partial charge is 0.507 e. The second-order valence-corrected chi connectivity index (χ2v) is 5.79. The molecule has 2 aromatic carbocycles. The van der Waals surface area contributed by atoms with E-state index in [1.807, 2.05) is 19.1 Å². The lowest BCUT2D eigenvalue weighted by molar-refractivity contribution is -0.123. The van der Waals surface area contributed by atoms with Gasteiger partial charge in [0.05, 0.1) is 17.8 Å². The minimum atomic E-state index is -0.410. The van der Waals surface area contributed by atoms with E-state index in [0.29, 0.717) is 17.1 Å². The number of hydrogen-bond donors (Lipinski definition) is 2. The predicted molar refractivity (Wildman–Crippen MR) is 94.8 cm³/mol. The predicted octanol–water partition coefficient (Wildman–Crippen LogP) is 3.00. The summed E-state index contributed by atoms with van der Waals surface area (Å²) in [5.41, 5.74) is 3.88. The molecule has 126 valence electrons. The van der Waals surface area contributed by atoms with Crippen LogP contribution in [0, 0.1) is 6.92 Å². The summed E-state index contributed by atoms with van der Waals surface area (Å²) in [7, 11) is 1.51. The molecule has 2 aromatic rings.